The van der Waals surface area contributed by atoms with E-state index in [1.54, 1.807) is 26.8 Å². The summed E-state index contributed by atoms with van der Waals surface area (Å²) in [6.45, 7) is 4.79. The van der Waals surface area contributed by atoms with Gasteiger partial charge < -0.3 is 10.0 Å². The molecule has 1 atom stereocenters. The van der Waals surface area contributed by atoms with Crippen LogP contribution in [-0.4, -0.2) is 34.5 Å². The Kier molecular flexibility index (Phi) is 5.03. The third-order valence-corrected chi connectivity index (χ3v) is 2.93. The highest BCUT2D eigenvalue weighted by Gasteiger charge is 2.25. The lowest BCUT2D eigenvalue weighted by Crippen LogP contribution is -2.42. The Labute approximate surface area is 111 Å². The van der Waals surface area contributed by atoms with Crippen LogP contribution in [-0.2, 0) is 9.59 Å². The fourth-order valence-corrected chi connectivity index (χ4v) is 1.83. The van der Waals surface area contributed by atoms with E-state index >= 15 is 0 Å². The molecule has 104 valence electrons. The first-order chi connectivity index (χ1) is 8.82. The minimum absolute atomic E-state index is 0.223. The van der Waals surface area contributed by atoms with Crippen LogP contribution in [0.3, 0.4) is 0 Å². The van der Waals surface area contributed by atoms with Crippen molar-refractivity contribution in [2.45, 2.75) is 32.7 Å². The van der Waals surface area contributed by atoms with Crippen molar-refractivity contribution in [3.63, 3.8) is 0 Å². The molecule has 1 unspecified atom stereocenters. The molecule has 0 bridgehead atoms. The van der Waals surface area contributed by atoms with Crippen LogP contribution in [0.1, 0.15) is 32.3 Å². The van der Waals surface area contributed by atoms with E-state index in [1.807, 2.05) is 0 Å². The van der Waals surface area contributed by atoms with Crippen LogP contribution in [0, 0.1) is 5.82 Å². The molecular formula is C14H18FNO3. The number of carboxylic acids is 1. The lowest BCUT2D eigenvalue weighted by atomic mass is 9.99. The van der Waals surface area contributed by atoms with Crippen molar-refractivity contribution < 1.29 is 19.1 Å². The van der Waals surface area contributed by atoms with Crippen LogP contribution in [0.15, 0.2) is 24.3 Å². The first kappa shape index (κ1) is 15.1. The number of hydrogen-bond donors (Lipinski definition) is 1. The lowest BCUT2D eigenvalue weighted by Gasteiger charge is -2.28. The van der Waals surface area contributed by atoms with Crippen molar-refractivity contribution in [2.24, 2.45) is 0 Å². The summed E-state index contributed by atoms with van der Waals surface area (Å²) in [6.07, 6.45) is 0. The summed E-state index contributed by atoms with van der Waals surface area (Å²) in [4.78, 5) is 24.3. The number of rotatable bonds is 5. The number of nitrogens with zero attached hydrogens (tertiary/aromatic N) is 1. The molecule has 0 aliphatic rings. The monoisotopic (exact) mass is 267 g/mol. The summed E-state index contributed by atoms with van der Waals surface area (Å²) >= 11 is 0. The standard InChI is InChI=1S/C14H18FNO3/c1-9(2)16(8-13(17)18)14(19)10(3)11-5-4-6-12(15)7-11/h4-7,9-10H,8H2,1-3H3,(H,17,18). The number of carbonyl (C=O) groups is 2. The van der Waals surface area contributed by atoms with Gasteiger partial charge in [-0.3, -0.25) is 9.59 Å². The van der Waals surface area contributed by atoms with Gasteiger partial charge in [0, 0.05) is 6.04 Å². The first-order valence-electron chi connectivity index (χ1n) is 6.10. The van der Waals surface area contributed by atoms with Crippen LogP contribution >= 0.6 is 0 Å². The number of hydrogen-bond acceptors (Lipinski definition) is 2. The van der Waals surface area contributed by atoms with Gasteiger partial charge in [0.2, 0.25) is 5.91 Å². The number of carboxylic acid groups (broad SMARTS) is 1. The fraction of sp³-hybridized carbons (Fsp3) is 0.429. The Hall–Kier alpha value is -1.91. The molecule has 4 nitrogen and oxygen atoms in total. The smallest absolute Gasteiger partial charge is 0.323 e. The Morgan fingerprint density at radius 3 is 2.42 bits per heavy atom. The summed E-state index contributed by atoms with van der Waals surface area (Å²) < 4.78 is 13.1. The molecule has 0 spiro atoms. The molecule has 1 amide bonds. The molecule has 1 rings (SSSR count). The summed E-state index contributed by atoms with van der Waals surface area (Å²) in [6, 6.07) is 5.57. The molecule has 0 heterocycles. The van der Waals surface area contributed by atoms with Gasteiger partial charge in [0.1, 0.15) is 12.4 Å². The number of benzene rings is 1. The Morgan fingerprint density at radius 2 is 1.95 bits per heavy atom. The maximum Gasteiger partial charge on any atom is 0.323 e. The molecule has 5 heteroatoms. The normalized spacial score (nSPS) is 12.3. The van der Waals surface area contributed by atoms with Crippen LogP contribution in [0.5, 0.6) is 0 Å². The van der Waals surface area contributed by atoms with Crippen molar-refractivity contribution in [3.05, 3.63) is 35.6 Å². The first-order valence-corrected chi connectivity index (χ1v) is 6.10. The van der Waals surface area contributed by atoms with Gasteiger partial charge in [0.15, 0.2) is 0 Å². The van der Waals surface area contributed by atoms with Crippen LogP contribution in [0.4, 0.5) is 4.39 Å². The van der Waals surface area contributed by atoms with Gasteiger partial charge in [0.25, 0.3) is 0 Å². The van der Waals surface area contributed by atoms with Gasteiger partial charge in [-0.2, -0.15) is 0 Å². The molecule has 0 aromatic heterocycles. The molecule has 0 saturated carbocycles. The van der Waals surface area contributed by atoms with E-state index in [4.69, 9.17) is 5.11 Å². The van der Waals surface area contributed by atoms with E-state index in [0.717, 1.165) is 0 Å². The zero-order valence-corrected chi connectivity index (χ0v) is 11.3. The zero-order chi connectivity index (χ0) is 14.6. The van der Waals surface area contributed by atoms with Crippen molar-refractivity contribution in [1.82, 2.24) is 4.90 Å². The highest BCUT2D eigenvalue weighted by molar-refractivity contribution is 5.86. The summed E-state index contributed by atoms with van der Waals surface area (Å²) in [7, 11) is 0. The number of amides is 1. The van der Waals surface area contributed by atoms with E-state index in [2.05, 4.69) is 0 Å². The van der Waals surface area contributed by atoms with E-state index in [1.165, 1.54) is 23.1 Å². The molecule has 0 radical (unpaired) electrons. The molecule has 0 aliphatic heterocycles. The largest absolute Gasteiger partial charge is 0.480 e. The van der Waals surface area contributed by atoms with E-state index in [0.29, 0.717) is 5.56 Å². The maximum absolute atomic E-state index is 13.1. The second-order valence-electron chi connectivity index (χ2n) is 4.73. The van der Waals surface area contributed by atoms with E-state index in [-0.39, 0.29) is 18.5 Å². The summed E-state index contributed by atoms with van der Waals surface area (Å²) in [5.41, 5.74) is 0.543. The Balaban J connectivity index is 2.93. The van der Waals surface area contributed by atoms with Gasteiger partial charge in [-0.05, 0) is 38.5 Å². The number of aliphatic carboxylic acids is 1. The quantitative estimate of drug-likeness (QED) is 0.890. The highest BCUT2D eigenvalue weighted by Crippen LogP contribution is 2.20. The van der Waals surface area contributed by atoms with E-state index in [9.17, 15) is 14.0 Å². The van der Waals surface area contributed by atoms with Crippen molar-refractivity contribution in [3.8, 4) is 0 Å². The lowest BCUT2D eigenvalue weighted by molar-refractivity contribution is -0.146. The molecule has 0 saturated heterocycles. The van der Waals surface area contributed by atoms with Crippen LogP contribution < -0.4 is 0 Å². The Morgan fingerprint density at radius 1 is 1.32 bits per heavy atom. The summed E-state index contributed by atoms with van der Waals surface area (Å²) in [5, 5.41) is 8.82. The van der Waals surface area contributed by atoms with Gasteiger partial charge in [-0.15, -0.1) is 0 Å². The zero-order valence-electron chi connectivity index (χ0n) is 11.3. The van der Waals surface area contributed by atoms with E-state index < -0.39 is 17.7 Å². The van der Waals surface area contributed by atoms with Gasteiger partial charge in [-0.1, -0.05) is 12.1 Å². The minimum atomic E-state index is -1.06. The number of carbonyl (C=O) groups excluding carboxylic acids is 1. The van der Waals surface area contributed by atoms with Crippen LogP contribution in [0.2, 0.25) is 0 Å². The predicted molar refractivity (Wildman–Crippen MR) is 69.3 cm³/mol. The third-order valence-electron chi connectivity index (χ3n) is 2.93. The predicted octanol–water partition coefficient (Wildman–Crippen LogP) is 2.25. The highest BCUT2D eigenvalue weighted by atomic mass is 19.1. The minimum Gasteiger partial charge on any atom is -0.480 e. The average molecular weight is 267 g/mol. The second kappa shape index (κ2) is 6.31. The molecule has 0 fully saturated rings. The Bertz CT molecular complexity index is 474. The van der Waals surface area contributed by atoms with Crippen LogP contribution in [0.25, 0.3) is 0 Å². The summed E-state index contributed by atoms with van der Waals surface area (Å²) in [5.74, 6) is -2.36. The van der Waals surface area contributed by atoms with Gasteiger partial charge >= 0.3 is 5.97 Å². The SMILES string of the molecule is CC(C(=O)N(CC(=O)O)C(C)C)c1cccc(F)c1. The van der Waals surface area contributed by atoms with Crippen molar-refractivity contribution in [1.29, 1.82) is 0 Å². The average Bonchev–Trinajstić information content (AvgIpc) is 2.33. The third kappa shape index (κ3) is 4.05. The molecule has 1 aromatic rings. The number of halogens is 1. The molecule has 0 aliphatic carbocycles. The maximum atomic E-state index is 13.1. The molecule has 1 aromatic carbocycles. The molecule has 1 N–H and O–H groups in total. The van der Waals surface area contributed by atoms with Gasteiger partial charge in [-0.25, -0.2) is 4.39 Å². The van der Waals surface area contributed by atoms with Crippen molar-refractivity contribution >= 4 is 11.9 Å². The van der Waals surface area contributed by atoms with Crippen molar-refractivity contribution in [2.75, 3.05) is 6.54 Å². The molecule has 19 heavy (non-hydrogen) atoms. The topological polar surface area (TPSA) is 57.6 Å². The van der Waals surface area contributed by atoms with Gasteiger partial charge in [0.05, 0.1) is 5.92 Å². The second-order valence-corrected chi connectivity index (χ2v) is 4.73. The fourth-order valence-electron chi connectivity index (χ4n) is 1.83. The molecular weight excluding hydrogens is 249 g/mol.